The molecule has 0 aliphatic rings. The Kier molecular flexibility index (Phi) is 3.26. The van der Waals surface area contributed by atoms with Gasteiger partial charge in [-0.1, -0.05) is 0 Å². The van der Waals surface area contributed by atoms with Crippen molar-refractivity contribution in [3.63, 3.8) is 0 Å². The summed E-state index contributed by atoms with van der Waals surface area (Å²) in [7, 11) is 1.94. The zero-order valence-corrected chi connectivity index (χ0v) is 9.46. The molecule has 0 fully saturated rings. The lowest BCUT2D eigenvalue weighted by Gasteiger charge is -2.13. The van der Waals surface area contributed by atoms with Crippen LogP contribution < -0.4 is 5.32 Å². The number of rotatable bonds is 4. The maximum Gasteiger partial charge on any atom is 0.146 e. The quantitative estimate of drug-likeness (QED) is 0.832. The van der Waals surface area contributed by atoms with Crippen LogP contribution in [-0.2, 0) is 13.6 Å². The van der Waals surface area contributed by atoms with Gasteiger partial charge >= 0.3 is 0 Å². The molecular formula is C11H15N5. The van der Waals surface area contributed by atoms with Gasteiger partial charge in [0.25, 0.3) is 0 Å². The third-order valence-corrected chi connectivity index (χ3v) is 2.58. The van der Waals surface area contributed by atoms with Crippen molar-refractivity contribution in [2.45, 2.75) is 19.5 Å². The smallest absolute Gasteiger partial charge is 0.146 e. The second kappa shape index (κ2) is 4.85. The van der Waals surface area contributed by atoms with Gasteiger partial charge in [0, 0.05) is 25.5 Å². The molecule has 5 nitrogen and oxygen atoms in total. The maximum atomic E-state index is 4.02. The Bertz CT molecular complexity index is 437. The van der Waals surface area contributed by atoms with Crippen molar-refractivity contribution in [2.75, 3.05) is 0 Å². The van der Waals surface area contributed by atoms with Crippen molar-refractivity contribution in [1.29, 1.82) is 0 Å². The molecule has 2 aromatic rings. The van der Waals surface area contributed by atoms with E-state index in [2.05, 4.69) is 27.4 Å². The summed E-state index contributed by atoms with van der Waals surface area (Å²) >= 11 is 0. The van der Waals surface area contributed by atoms with Crippen molar-refractivity contribution in [1.82, 2.24) is 25.1 Å². The number of aromatic nitrogens is 4. The summed E-state index contributed by atoms with van der Waals surface area (Å²) in [5, 5.41) is 11.2. The number of aryl methyl sites for hydroxylation is 1. The third-order valence-electron chi connectivity index (χ3n) is 2.58. The van der Waals surface area contributed by atoms with E-state index in [1.807, 2.05) is 23.7 Å². The van der Waals surface area contributed by atoms with Gasteiger partial charge in [-0.25, -0.2) is 0 Å². The third kappa shape index (κ3) is 2.43. The van der Waals surface area contributed by atoms with Gasteiger partial charge < -0.3 is 9.88 Å². The van der Waals surface area contributed by atoms with Crippen LogP contribution in [0, 0.1) is 0 Å². The van der Waals surface area contributed by atoms with Crippen molar-refractivity contribution in [3.8, 4) is 0 Å². The van der Waals surface area contributed by atoms with Gasteiger partial charge in [-0.3, -0.25) is 4.98 Å². The highest BCUT2D eigenvalue weighted by Gasteiger charge is 2.06. The van der Waals surface area contributed by atoms with Gasteiger partial charge in [-0.2, -0.15) is 0 Å². The topological polar surface area (TPSA) is 55.6 Å². The van der Waals surface area contributed by atoms with Crippen LogP contribution >= 0.6 is 0 Å². The molecule has 0 saturated carbocycles. The molecule has 0 unspecified atom stereocenters. The fourth-order valence-electron chi connectivity index (χ4n) is 1.48. The lowest BCUT2D eigenvalue weighted by molar-refractivity contribution is 0.548. The lowest BCUT2D eigenvalue weighted by Crippen LogP contribution is -2.20. The zero-order valence-electron chi connectivity index (χ0n) is 9.46. The highest BCUT2D eigenvalue weighted by Crippen LogP contribution is 2.10. The first kappa shape index (κ1) is 10.8. The Hall–Kier alpha value is -1.75. The van der Waals surface area contributed by atoms with Crippen LogP contribution in [0.3, 0.4) is 0 Å². The fourth-order valence-corrected chi connectivity index (χ4v) is 1.48. The Morgan fingerprint density at radius 2 is 2.12 bits per heavy atom. The molecule has 0 bridgehead atoms. The SMILES string of the molecule is C[C@@H](NCc1nncn1C)c1ccncc1. The second-order valence-electron chi connectivity index (χ2n) is 3.74. The molecule has 0 spiro atoms. The van der Waals surface area contributed by atoms with Gasteiger partial charge in [-0.15, -0.1) is 10.2 Å². The summed E-state index contributed by atoms with van der Waals surface area (Å²) in [6.45, 7) is 2.83. The van der Waals surface area contributed by atoms with Crippen LogP contribution in [0.25, 0.3) is 0 Å². The summed E-state index contributed by atoms with van der Waals surface area (Å²) < 4.78 is 1.91. The highest BCUT2D eigenvalue weighted by molar-refractivity contribution is 5.13. The molecule has 0 radical (unpaired) electrons. The highest BCUT2D eigenvalue weighted by atomic mass is 15.3. The largest absolute Gasteiger partial charge is 0.320 e. The van der Waals surface area contributed by atoms with Gasteiger partial charge in [0.15, 0.2) is 0 Å². The van der Waals surface area contributed by atoms with Gasteiger partial charge in [0.1, 0.15) is 12.2 Å². The molecule has 1 N–H and O–H groups in total. The van der Waals surface area contributed by atoms with Gasteiger partial charge in [0.05, 0.1) is 6.54 Å². The summed E-state index contributed by atoms with van der Waals surface area (Å²) in [6.07, 6.45) is 5.31. The Morgan fingerprint density at radius 3 is 2.75 bits per heavy atom. The van der Waals surface area contributed by atoms with Gasteiger partial charge in [-0.05, 0) is 24.6 Å². The summed E-state index contributed by atoms with van der Waals surface area (Å²) in [6, 6.07) is 4.29. The Morgan fingerprint density at radius 1 is 1.38 bits per heavy atom. The van der Waals surface area contributed by atoms with E-state index in [4.69, 9.17) is 0 Å². The van der Waals surface area contributed by atoms with E-state index in [0.717, 1.165) is 5.82 Å². The van der Waals surface area contributed by atoms with E-state index >= 15 is 0 Å². The van der Waals surface area contributed by atoms with Crippen molar-refractivity contribution in [2.24, 2.45) is 7.05 Å². The molecule has 5 heteroatoms. The Balaban J connectivity index is 1.94. The van der Waals surface area contributed by atoms with Gasteiger partial charge in [0.2, 0.25) is 0 Å². The standard InChI is InChI=1S/C11H15N5/c1-9(10-3-5-12-6-4-10)13-7-11-15-14-8-16(11)2/h3-6,8-9,13H,7H2,1-2H3/t9-/m1/s1. The minimum atomic E-state index is 0.278. The van der Waals surface area contributed by atoms with E-state index in [1.54, 1.807) is 18.7 Å². The number of hydrogen-bond acceptors (Lipinski definition) is 4. The summed E-state index contributed by atoms with van der Waals surface area (Å²) in [5.74, 6) is 0.931. The number of nitrogens with one attached hydrogen (secondary N) is 1. The average Bonchev–Trinajstić information content (AvgIpc) is 2.73. The van der Waals surface area contributed by atoms with Crippen LogP contribution in [0.15, 0.2) is 30.9 Å². The predicted octanol–water partition coefficient (Wildman–Crippen LogP) is 1.06. The van der Waals surface area contributed by atoms with Crippen molar-refractivity contribution in [3.05, 3.63) is 42.2 Å². The average molecular weight is 217 g/mol. The normalized spacial score (nSPS) is 12.6. The molecule has 84 valence electrons. The first-order valence-electron chi connectivity index (χ1n) is 5.23. The molecule has 0 amide bonds. The number of pyridine rings is 1. The maximum absolute atomic E-state index is 4.02. The van der Waals surface area contributed by atoms with E-state index in [1.165, 1.54) is 5.56 Å². The molecule has 2 rings (SSSR count). The van der Waals surface area contributed by atoms with Crippen LogP contribution in [0.4, 0.5) is 0 Å². The molecule has 0 aromatic carbocycles. The summed E-state index contributed by atoms with van der Waals surface area (Å²) in [5.41, 5.74) is 1.22. The minimum Gasteiger partial charge on any atom is -0.320 e. The monoisotopic (exact) mass is 217 g/mol. The predicted molar refractivity (Wildman–Crippen MR) is 60.5 cm³/mol. The van der Waals surface area contributed by atoms with Crippen LogP contribution in [-0.4, -0.2) is 19.7 Å². The molecule has 2 heterocycles. The molecule has 0 aliphatic heterocycles. The van der Waals surface area contributed by atoms with E-state index in [-0.39, 0.29) is 6.04 Å². The minimum absolute atomic E-state index is 0.278. The second-order valence-corrected chi connectivity index (χ2v) is 3.74. The summed E-state index contributed by atoms with van der Waals surface area (Å²) in [4.78, 5) is 4.00. The molecule has 16 heavy (non-hydrogen) atoms. The zero-order chi connectivity index (χ0) is 11.4. The first-order valence-corrected chi connectivity index (χ1v) is 5.23. The van der Waals surface area contributed by atoms with E-state index in [9.17, 15) is 0 Å². The van der Waals surface area contributed by atoms with Crippen LogP contribution in [0.1, 0.15) is 24.4 Å². The van der Waals surface area contributed by atoms with E-state index < -0.39 is 0 Å². The Labute approximate surface area is 94.5 Å². The molecule has 0 saturated heterocycles. The van der Waals surface area contributed by atoms with Crippen LogP contribution in [0.2, 0.25) is 0 Å². The molecule has 0 aliphatic carbocycles. The fraction of sp³-hybridized carbons (Fsp3) is 0.364. The van der Waals surface area contributed by atoms with Crippen molar-refractivity contribution < 1.29 is 0 Å². The molecule has 1 atom stereocenters. The molecule has 2 aromatic heterocycles. The lowest BCUT2D eigenvalue weighted by atomic mass is 10.1. The first-order chi connectivity index (χ1) is 7.77. The van der Waals surface area contributed by atoms with Crippen molar-refractivity contribution >= 4 is 0 Å². The number of nitrogens with zero attached hydrogens (tertiary/aromatic N) is 4. The molecular weight excluding hydrogens is 202 g/mol. The number of hydrogen-bond donors (Lipinski definition) is 1. The van der Waals surface area contributed by atoms with E-state index in [0.29, 0.717) is 6.54 Å². The van der Waals surface area contributed by atoms with Crippen LogP contribution in [0.5, 0.6) is 0 Å².